The Kier molecular flexibility index (Phi) is 4.26. The summed E-state index contributed by atoms with van der Waals surface area (Å²) in [6.07, 6.45) is 2.10. The minimum atomic E-state index is -0.246. The maximum Gasteiger partial charge on any atom is 0.256 e. The monoisotopic (exact) mass is 345 g/mol. The highest BCUT2D eigenvalue weighted by Crippen LogP contribution is 2.22. The Morgan fingerprint density at radius 1 is 1.08 bits per heavy atom. The van der Waals surface area contributed by atoms with E-state index in [-0.39, 0.29) is 5.91 Å². The summed E-state index contributed by atoms with van der Waals surface area (Å²) in [5.74, 6) is 1.50. The molecule has 0 unspecified atom stereocenters. The van der Waals surface area contributed by atoms with Crippen LogP contribution in [0.2, 0.25) is 0 Å². The van der Waals surface area contributed by atoms with Crippen LogP contribution >= 0.6 is 0 Å². The summed E-state index contributed by atoms with van der Waals surface area (Å²) in [4.78, 5) is 16.5. The maximum atomic E-state index is 12.4. The molecular weight excluding hydrogens is 330 g/mol. The Morgan fingerprint density at radius 2 is 1.88 bits per heavy atom. The lowest BCUT2D eigenvalue weighted by Crippen LogP contribution is -2.12. The molecule has 0 fully saturated rings. The molecule has 4 aromatic rings. The number of nitrogens with zero attached hydrogens (tertiary/aromatic N) is 3. The molecule has 0 bridgehead atoms. The van der Waals surface area contributed by atoms with Crippen LogP contribution in [0.4, 0.5) is 5.82 Å². The van der Waals surface area contributed by atoms with Crippen LogP contribution in [0.3, 0.4) is 0 Å². The van der Waals surface area contributed by atoms with Crippen molar-refractivity contribution in [3.8, 4) is 11.3 Å². The molecule has 0 atom stereocenters. The molecule has 2 aromatic heterocycles. The summed E-state index contributed by atoms with van der Waals surface area (Å²) in [6.45, 7) is 0. The van der Waals surface area contributed by atoms with Crippen LogP contribution in [0.5, 0.6) is 0 Å². The Balaban J connectivity index is 1.42. The van der Waals surface area contributed by atoms with Gasteiger partial charge in [0.2, 0.25) is 0 Å². The molecule has 2 N–H and O–H groups in total. The van der Waals surface area contributed by atoms with Gasteiger partial charge in [-0.25, -0.2) is 4.98 Å². The molecule has 0 radical (unpaired) electrons. The van der Waals surface area contributed by atoms with Crippen LogP contribution in [0.25, 0.3) is 11.3 Å². The zero-order chi connectivity index (χ0) is 17.8. The van der Waals surface area contributed by atoms with Crippen molar-refractivity contribution in [3.63, 3.8) is 0 Å². The number of H-pyrrole nitrogens is 1. The van der Waals surface area contributed by atoms with Gasteiger partial charge in [0.25, 0.3) is 5.91 Å². The molecule has 2 heterocycles. The predicted octanol–water partition coefficient (Wildman–Crippen LogP) is 3.30. The molecule has 0 saturated heterocycles. The fraction of sp³-hybridized carbons (Fsp3) is 0.0526. The van der Waals surface area contributed by atoms with Gasteiger partial charge < -0.3 is 9.84 Å². The quantitative estimate of drug-likeness (QED) is 0.578. The number of hydrogen-bond donors (Lipinski definition) is 2. The largest absolute Gasteiger partial charge is 0.354 e. The molecule has 7 nitrogen and oxygen atoms in total. The highest BCUT2D eigenvalue weighted by Gasteiger charge is 2.11. The maximum absolute atomic E-state index is 12.4. The first-order chi connectivity index (χ1) is 12.8. The lowest BCUT2D eigenvalue weighted by atomic mass is 10.1. The smallest absolute Gasteiger partial charge is 0.256 e. The van der Waals surface area contributed by atoms with Crippen LogP contribution < -0.4 is 5.32 Å². The average Bonchev–Trinajstić information content (AvgIpc) is 3.35. The number of aromatic nitrogens is 4. The first-order valence-electron chi connectivity index (χ1n) is 8.04. The number of benzene rings is 2. The fourth-order valence-electron chi connectivity index (χ4n) is 2.54. The molecule has 128 valence electrons. The van der Waals surface area contributed by atoms with Crippen molar-refractivity contribution < 1.29 is 9.32 Å². The van der Waals surface area contributed by atoms with Gasteiger partial charge in [-0.2, -0.15) is 5.10 Å². The van der Waals surface area contributed by atoms with E-state index >= 15 is 0 Å². The highest BCUT2D eigenvalue weighted by molar-refractivity contribution is 6.03. The van der Waals surface area contributed by atoms with Crippen molar-refractivity contribution in [1.82, 2.24) is 20.3 Å². The van der Waals surface area contributed by atoms with Gasteiger partial charge in [-0.05, 0) is 17.7 Å². The molecule has 26 heavy (non-hydrogen) atoms. The minimum Gasteiger partial charge on any atom is -0.354 e. The summed E-state index contributed by atoms with van der Waals surface area (Å²) in [7, 11) is 0. The van der Waals surface area contributed by atoms with Crippen molar-refractivity contribution in [2.45, 2.75) is 6.42 Å². The summed E-state index contributed by atoms with van der Waals surface area (Å²) >= 11 is 0. The zero-order valence-electron chi connectivity index (χ0n) is 13.7. The van der Waals surface area contributed by atoms with Gasteiger partial charge in [0.15, 0.2) is 11.6 Å². The topological polar surface area (TPSA) is 96.7 Å². The minimum absolute atomic E-state index is 0.246. The second kappa shape index (κ2) is 7.02. The Bertz CT molecular complexity index is 992. The van der Waals surface area contributed by atoms with Gasteiger partial charge in [0.05, 0.1) is 0 Å². The van der Waals surface area contributed by atoms with Crippen molar-refractivity contribution in [1.29, 1.82) is 0 Å². The van der Waals surface area contributed by atoms with Gasteiger partial charge in [0.1, 0.15) is 12.2 Å². The number of carbonyl (C=O) groups excluding carboxylic acids is 1. The first kappa shape index (κ1) is 15.8. The van der Waals surface area contributed by atoms with E-state index in [0.29, 0.717) is 23.6 Å². The molecule has 2 aromatic carbocycles. The second-order valence-electron chi connectivity index (χ2n) is 5.70. The summed E-state index contributed by atoms with van der Waals surface area (Å²) in [6, 6.07) is 18.6. The third kappa shape index (κ3) is 3.51. The second-order valence-corrected chi connectivity index (χ2v) is 5.70. The van der Waals surface area contributed by atoms with E-state index in [4.69, 9.17) is 4.52 Å². The van der Waals surface area contributed by atoms with Crippen molar-refractivity contribution >= 4 is 11.7 Å². The van der Waals surface area contributed by atoms with Crippen molar-refractivity contribution in [2.24, 2.45) is 0 Å². The predicted molar refractivity (Wildman–Crippen MR) is 95.5 cm³/mol. The Morgan fingerprint density at radius 3 is 2.62 bits per heavy atom. The van der Waals surface area contributed by atoms with Gasteiger partial charge in [-0.15, -0.1) is 0 Å². The summed E-state index contributed by atoms with van der Waals surface area (Å²) < 4.78 is 5.28. The van der Waals surface area contributed by atoms with Gasteiger partial charge in [0, 0.05) is 23.6 Å². The number of aromatic amines is 1. The third-order valence-electron chi connectivity index (χ3n) is 3.86. The number of carbonyl (C=O) groups is 1. The number of anilines is 1. The van der Waals surface area contributed by atoms with Crippen molar-refractivity contribution in [2.75, 3.05) is 5.32 Å². The van der Waals surface area contributed by atoms with E-state index in [0.717, 1.165) is 17.0 Å². The van der Waals surface area contributed by atoms with E-state index in [9.17, 15) is 4.79 Å². The van der Waals surface area contributed by atoms with Crippen molar-refractivity contribution in [3.05, 3.63) is 83.9 Å². The van der Waals surface area contributed by atoms with Crippen LogP contribution in [0, 0.1) is 0 Å². The van der Waals surface area contributed by atoms with Gasteiger partial charge >= 0.3 is 0 Å². The molecule has 0 aliphatic rings. The molecular formula is C19H15N5O2. The number of rotatable bonds is 5. The summed E-state index contributed by atoms with van der Waals surface area (Å²) in [5.41, 5.74) is 2.47. The van der Waals surface area contributed by atoms with E-state index in [1.165, 1.54) is 6.33 Å². The van der Waals surface area contributed by atoms with Crippen LogP contribution in [-0.4, -0.2) is 26.2 Å². The summed E-state index contributed by atoms with van der Waals surface area (Å²) in [5, 5.41) is 13.3. The SMILES string of the molecule is O=C(Nc1cc(-c2ccccc2)on1)c1ccc(Cc2ncn[nH]2)cc1. The van der Waals surface area contributed by atoms with Gasteiger partial charge in [-0.1, -0.05) is 47.6 Å². The normalized spacial score (nSPS) is 10.6. The molecule has 1 amide bonds. The zero-order valence-corrected chi connectivity index (χ0v) is 13.7. The third-order valence-corrected chi connectivity index (χ3v) is 3.86. The number of amides is 1. The van der Waals surface area contributed by atoms with E-state index < -0.39 is 0 Å². The average molecular weight is 345 g/mol. The van der Waals surface area contributed by atoms with Gasteiger partial charge in [-0.3, -0.25) is 9.89 Å². The first-order valence-corrected chi connectivity index (χ1v) is 8.04. The van der Waals surface area contributed by atoms with Crippen LogP contribution in [-0.2, 0) is 6.42 Å². The molecule has 0 aliphatic carbocycles. The van der Waals surface area contributed by atoms with E-state index in [1.807, 2.05) is 42.5 Å². The van der Waals surface area contributed by atoms with Crippen LogP contribution in [0.15, 0.2) is 71.5 Å². The molecule has 0 spiro atoms. The van der Waals surface area contributed by atoms with E-state index in [2.05, 4.69) is 25.7 Å². The fourth-order valence-corrected chi connectivity index (χ4v) is 2.54. The van der Waals surface area contributed by atoms with E-state index in [1.54, 1.807) is 18.2 Å². The Labute approximate surface area is 149 Å². The molecule has 7 heteroatoms. The highest BCUT2D eigenvalue weighted by atomic mass is 16.5. The molecule has 0 aliphatic heterocycles. The lowest BCUT2D eigenvalue weighted by Gasteiger charge is -2.03. The van der Waals surface area contributed by atoms with Crippen LogP contribution in [0.1, 0.15) is 21.7 Å². The number of hydrogen-bond acceptors (Lipinski definition) is 5. The molecule has 0 saturated carbocycles. The molecule has 4 rings (SSSR count). The Hall–Kier alpha value is -3.74. The number of nitrogens with one attached hydrogen (secondary N) is 2. The standard InChI is InChI=1S/C19H15N5O2/c25-19(15-8-6-13(7-9-15)10-17-20-12-21-23-17)22-18-11-16(26-24-18)14-4-2-1-3-5-14/h1-9,11-12H,10H2,(H,20,21,23)(H,22,24,25). The lowest BCUT2D eigenvalue weighted by molar-refractivity contribution is 0.102.